The number of amides is 1. The highest BCUT2D eigenvalue weighted by molar-refractivity contribution is 9.10. The Balaban J connectivity index is 1.89. The summed E-state index contributed by atoms with van der Waals surface area (Å²) in [6, 6.07) is 17.9. The smallest absolute Gasteiger partial charge is 0.235 e. The molecule has 0 saturated heterocycles. The highest BCUT2D eigenvalue weighted by Gasteiger charge is 2.42. The van der Waals surface area contributed by atoms with Gasteiger partial charge < -0.3 is 5.32 Å². The number of carbonyl (C=O) groups is 1. The lowest BCUT2D eigenvalue weighted by Gasteiger charge is -2.28. The van der Waals surface area contributed by atoms with E-state index < -0.39 is 0 Å². The predicted octanol–water partition coefficient (Wildman–Crippen LogP) is 4.90. The van der Waals surface area contributed by atoms with Gasteiger partial charge in [-0.2, -0.15) is 0 Å². The van der Waals surface area contributed by atoms with E-state index in [1.54, 1.807) is 0 Å². The monoisotopic (exact) mass is 343 g/mol. The molecule has 1 aliphatic rings. The highest BCUT2D eigenvalue weighted by Crippen LogP contribution is 2.42. The number of halogens is 1. The Hall–Kier alpha value is -1.61. The van der Waals surface area contributed by atoms with Gasteiger partial charge in [-0.3, -0.25) is 4.79 Å². The Morgan fingerprint density at radius 2 is 1.71 bits per heavy atom. The van der Waals surface area contributed by atoms with Crippen LogP contribution in [0.5, 0.6) is 0 Å². The molecule has 1 aliphatic carbocycles. The molecule has 0 radical (unpaired) electrons. The summed E-state index contributed by atoms with van der Waals surface area (Å²) in [6.07, 6.45) is 4.08. The third kappa shape index (κ3) is 2.88. The Morgan fingerprint density at radius 1 is 1.00 bits per heavy atom. The van der Waals surface area contributed by atoms with Gasteiger partial charge in [-0.25, -0.2) is 0 Å². The van der Waals surface area contributed by atoms with Crippen LogP contribution >= 0.6 is 15.9 Å². The molecule has 0 aliphatic heterocycles. The average Bonchev–Trinajstić information content (AvgIpc) is 2.99. The third-order valence-electron chi connectivity index (χ3n) is 4.30. The van der Waals surface area contributed by atoms with Crippen LogP contribution in [-0.2, 0) is 10.2 Å². The lowest BCUT2D eigenvalue weighted by Crippen LogP contribution is -2.37. The van der Waals surface area contributed by atoms with Gasteiger partial charge >= 0.3 is 0 Å². The van der Waals surface area contributed by atoms with E-state index in [1.165, 1.54) is 0 Å². The van der Waals surface area contributed by atoms with E-state index in [0.717, 1.165) is 41.4 Å². The lowest BCUT2D eigenvalue weighted by atomic mass is 9.78. The van der Waals surface area contributed by atoms with Crippen LogP contribution in [-0.4, -0.2) is 5.91 Å². The fourth-order valence-corrected chi connectivity index (χ4v) is 3.60. The van der Waals surface area contributed by atoms with Crippen LogP contribution in [0.1, 0.15) is 31.2 Å². The second-order valence-corrected chi connectivity index (χ2v) is 6.54. The van der Waals surface area contributed by atoms with Gasteiger partial charge in [-0.15, -0.1) is 0 Å². The van der Waals surface area contributed by atoms with E-state index in [9.17, 15) is 4.79 Å². The topological polar surface area (TPSA) is 29.1 Å². The maximum absolute atomic E-state index is 12.9. The number of rotatable bonds is 3. The maximum Gasteiger partial charge on any atom is 0.235 e. The summed E-state index contributed by atoms with van der Waals surface area (Å²) in [6.45, 7) is 0. The molecule has 2 nitrogen and oxygen atoms in total. The van der Waals surface area contributed by atoms with E-state index in [4.69, 9.17) is 0 Å². The molecule has 108 valence electrons. The Labute approximate surface area is 133 Å². The number of benzene rings is 2. The van der Waals surface area contributed by atoms with Crippen molar-refractivity contribution in [3.05, 3.63) is 64.6 Å². The minimum absolute atomic E-state index is 0.115. The normalized spacial score (nSPS) is 16.6. The largest absolute Gasteiger partial charge is 0.325 e. The summed E-state index contributed by atoms with van der Waals surface area (Å²) in [4.78, 5) is 12.9. The van der Waals surface area contributed by atoms with Crippen molar-refractivity contribution in [3.63, 3.8) is 0 Å². The molecule has 0 unspecified atom stereocenters. The van der Waals surface area contributed by atoms with Crippen molar-refractivity contribution < 1.29 is 4.79 Å². The summed E-state index contributed by atoms with van der Waals surface area (Å²) < 4.78 is 0.973. The Morgan fingerprint density at radius 3 is 2.38 bits per heavy atom. The zero-order valence-corrected chi connectivity index (χ0v) is 13.4. The van der Waals surface area contributed by atoms with Gasteiger partial charge in [0.2, 0.25) is 5.91 Å². The molecule has 1 fully saturated rings. The molecule has 0 aromatic heterocycles. The van der Waals surface area contributed by atoms with Crippen molar-refractivity contribution in [1.82, 2.24) is 0 Å². The van der Waals surface area contributed by atoms with Crippen molar-refractivity contribution in [1.29, 1.82) is 0 Å². The summed E-state index contributed by atoms with van der Waals surface area (Å²) in [7, 11) is 0. The summed E-state index contributed by atoms with van der Waals surface area (Å²) in [5.74, 6) is 0.115. The molecular weight excluding hydrogens is 326 g/mol. The molecule has 0 heterocycles. The zero-order valence-electron chi connectivity index (χ0n) is 11.8. The highest BCUT2D eigenvalue weighted by atomic mass is 79.9. The van der Waals surface area contributed by atoms with Gasteiger partial charge in [0, 0.05) is 10.2 Å². The second kappa shape index (κ2) is 6.02. The zero-order chi connectivity index (χ0) is 14.7. The molecule has 0 bridgehead atoms. The first kappa shape index (κ1) is 14.3. The van der Waals surface area contributed by atoms with Crippen molar-refractivity contribution >= 4 is 27.5 Å². The molecule has 2 aromatic carbocycles. The van der Waals surface area contributed by atoms with Crippen LogP contribution in [0, 0.1) is 0 Å². The number of hydrogen-bond donors (Lipinski definition) is 1. The molecule has 1 amide bonds. The van der Waals surface area contributed by atoms with E-state index in [2.05, 4.69) is 33.4 Å². The molecular formula is C18H18BrNO. The minimum atomic E-state index is -0.371. The maximum atomic E-state index is 12.9. The first-order valence-electron chi connectivity index (χ1n) is 7.33. The average molecular weight is 344 g/mol. The van der Waals surface area contributed by atoms with Gasteiger partial charge in [0.1, 0.15) is 0 Å². The van der Waals surface area contributed by atoms with Crippen LogP contribution < -0.4 is 5.32 Å². The van der Waals surface area contributed by atoms with E-state index in [1.807, 2.05) is 42.5 Å². The predicted molar refractivity (Wildman–Crippen MR) is 89.4 cm³/mol. The first-order chi connectivity index (χ1) is 10.2. The molecule has 3 heteroatoms. The lowest BCUT2D eigenvalue weighted by molar-refractivity contribution is -0.121. The van der Waals surface area contributed by atoms with Crippen LogP contribution in [0.4, 0.5) is 5.69 Å². The third-order valence-corrected chi connectivity index (χ3v) is 4.79. The molecule has 0 atom stereocenters. The van der Waals surface area contributed by atoms with Gasteiger partial charge in [-0.1, -0.05) is 65.2 Å². The molecule has 0 spiro atoms. The van der Waals surface area contributed by atoms with Crippen molar-refractivity contribution in [2.24, 2.45) is 0 Å². The molecule has 1 saturated carbocycles. The van der Waals surface area contributed by atoms with Gasteiger partial charge in [0.25, 0.3) is 0 Å². The first-order valence-corrected chi connectivity index (χ1v) is 8.13. The molecule has 3 rings (SSSR count). The van der Waals surface area contributed by atoms with Crippen molar-refractivity contribution in [3.8, 4) is 0 Å². The Kier molecular flexibility index (Phi) is 4.11. The number of nitrogens with one attached hydrogen (secondary N) is 1. The van der Waals surface area contributed by atoms with Crippen LogP contribution in [0.25, 0.3) is 0 Å². The number of carbonyl (C=O) groups excluding carboxylic acids is 1. The summed E-state index contributed by atoms with van der Waals surface area (Å²) >= 11 is 3.44. The van der Waals surface area contributed by atoms with Crippen LogP contribution in [0.3, 0.4) is 0 Å². The second-order valence-electron chi connectivity index (χ2n) is 5.62. The summed E-state index contributed by atoms with van der Waals surface area (Å²) in [5, 5.41) is 3.10. The fourth-order valence-electron chi connectivity index (χ4n) is 3.20. The van der Waals surface area contributed by atoms with Gasteiger partial charge in [-0.05, 0) is 36.6 Å². The van der Waals surface area contributed by atoms with Crippen molar-refractivity contribution in [2.45, 2.75) is 31.1 Å². The SMILES string of the molecule is O=C(Nc1cccc(Br)c1)C1(c2ccccc2)CCCC1. The minimum Gasteiger partial charge on any atom is -0.325 e. The fraction of sp³-hybridized carbons (Fsp3) is 0.278. The van der Waals surface area contributed by atoms with E-state index in [0.29, 0.717) is 0 Å². The summed E-state index contributed by atoms with van der Waals surface area (Å²) in [5.41, 5.74) is 1.61. The molecule has 1 N–H and O–H groups in total. The molecule has 2 aromatic rings. The standard InChI is InChI=1S/C18H18BrNO/c19-15-9-6-10-16(13-15)20-17(21)18(11-4-5-12-18)14-7-2-1-3-8-14/h1-3,6-10,13H,4-5,11-12H2,(H,20,21). The number of hydrogen-bond acceptors (Lipinski definition) is 1. The van der Waals surface area contributed by atoms with Gasteiger partial charge in [0.15, 0.2) is 0 Å². The van der Waals surface area contributed by atoms with E-state index >= 15 is 0 Å². The van der Waals surface area contributed by atoms with Gasteiger partial charge in [0.05, 0.1) is 5.41 Å². The van der Waals surface area contributed by atoms with Crippen molar-refractivity contribution in [2.75, 3.05) is 5.32 Å². The van der Waals surface area contributed by atoms with Crippen LogP contribution in [0.15, 0.2) is 59.1 Å². The quantitative estimate of drug-likeness (QED) is 0.843. The molecule has 21 heavy (non-hydrogen) atoms. The number of anilines is 1. The van der Waals surface area contributed by atoms with E-state index in [-0.39, 0.29) is 11.3 Å². The Bertz CT molecular complexity index is 633. The van der Waals surface area contributed by atoms with Crippen LogP contribution in [0.2, 0.25) is 0 Å².